The number of carbonyl (C=O) groups is 2. The van der Waals surface area contributed by atoms with Crippen molar-refractivity contribution in [3.05, 3.63) is 76.1 Å². The second-order valence-corrected chi connectivity index (χ2v) is 6.30. The van der Waals surface area contributed by atoms with Gasteiger partial charge in [0.1, 0.15) is 0 Å². The minimum absolute atomic E-state index is 0.177. The molecule has 2 N–H and O–H groups in total. The molecule has 0 fully saturated rings. The van der Waals surface area contributed by atoms with Gasteiger partial charge >= 0.3 is 0 Å². The van der Waals surface area contributed by atoms with Crippen molar-refractivity contribution in [1.82, 2.24) is 25.6 Å². The molecule has 1 heterocycles. The summed E-state index contributed by atoms with van der Waals surface area (Å²) in [6.45, 7) is 1.99. The van der Waals surface area contributed by atoms with E-state index in [1.807, 2.05) is 6.07 Å². The van der Waals surface area contributed by atoms with Crippen molar-refractivity contribution in [3.8, 4) is 5.69 Å². The number of carbonyl (C=O) groups excluding carboxylic acids is 2. The van der Waals surface area contributed by atoms with Gasteiger partial charge in [0.05, 0.1) is 11.4 Å². The average molecular weight is 384 g/mol. The first-order valence-electron chi connectivity index (χ1n) is 8.27. The van der Waals surface area contributed by atoms with Crippen LogP contribution in [0.4, 0.5) is 0 Å². The van der Waals surface area contributed by atoms with Gasteiger partial charge < -0.3 is 10.6 Å². The zero-order valence-corrected chi connectivity index (χ0v) is 15.6. The molecule has 0 aliphatic carbocycles. The number of halogens is 1. The standard InChI is InChI=1S/C19H18ClN5O2/c1-12-17(24-25(23-12)16-8-4-7-15(20)10-16)19(27)22-11-13-5-3-6-14(9-13)18(26)21-2/h3-10H,11H2,1-2H3,(H,21,26)(H,22,27). The molecule has 0 saturated heterocycles. The Morgan fingerprint density at radius 3 is 2.59 bits per heavy atom. The molecule has 0 unspecified atom stereocenters. The molecule has 7 nitrogen and oxygen atoms in total. The van der Waals surface area contributed by atoms with Crippen molar-refractivity contribution in [2.24, 2.45) is 0 Å². The van der Waals surface area contributed by atoms with Gasteiger partial charge in [-0.3, -0.25) is 9.59 Å². The monoisotopic (exact) mass is 383 g/mol. The zero-order valence-electron chi connectivity index (χ0n) is 14.9. The Balaban J connectivity index is 1.73. The van der Waals surface area contributed by atoms with E-state index in [1.54, 1.807) is 56.4 Å². The van der Waals surface area contributed by atoms with Crippen LogP contribution in [0.2, 0.25) is 5.02 Å². The molecule has 138 valence electrons. The van der Waals surface area contributed by atoms with Crippen LogP contribution in [0.25, 0.3) is 5.69 Å². The third-order valence-corrected chi connectivity index (χ3v) is 4.14. The highest BCUT2D eigenvalue weighted by Crippen LogP contribution is 2.14. The molecule has 0 aliphatic rings. The van der Waals surface area contributed by atoms with Crippen LogP contribution in [0, 0.1) is 6.92 Å². The van der Waals surface area contributed by atoms with Gasteiger partial charge in [-0.2, -0.15) is 9.90 Å². The van der Waals surface area contributed by atoms with E-state index < -0.39 is 0 Å². The van der Waals surface area contributed by atoms with Crippen molar-refractivity contribution in [3.63, 3.8) is 0 Å². The summed E-state index contributed by atoms with van der Waals surface area (Å²) in [5.41, 5.74) is 2.75. The second-order valence-electron chi connectivity index (χ2n) is 5.87. The zero-order chi connectivity index (χ0) is 19.4. The van der Waals surface area contributed by atoms with E-state index in [2.05, 4.69) is 20.8 Å². The lowest BCUT2D eigenvalue weighted by atomic mass is 10.1. The largest absolute Gasteiger partial charge is 0.355 e. The molecule has 27 heavy (non-hydrogen) atoms. The smallest absolute Gasteiger partial charge is 0.274 e. The number of aryl methyl sites for hydroxylation is 1. The lowest BCUT2D eigenvalue weighted by molar-refractivity contribution is 0.0943. The maximum Gasteiger partial charge on any atom is 0.274 e. The summed E-state index contributed by atoms with van der Waals surface area (Å²) in [6.07, 6.45) is 0. The Labute approximate surface area is 161 Å². The van der Waals surface area contributed by atoms with Crippen LogP contribution in [0.3, 0.4) is 0 Å². The lowest BCUT2D eigenvalue weighted by Crippen LogP contribution is -2.24. The summed E-state index contributed by atoms with van der Waals surface area (Å²) < 4.78 is 0. The van der Waals surface area contributed by atoms with Gasteiger partial charge in [0.2, 0.25) is 0 Å². The highest BCUT2D eigenvalue weighted by Gasteiger charge is 2.16. The van der Waals surface area contributed by atoms with Crippen LogP contribution in [0.5, 0.6) is 0 Å². The number of nitrogens with zero attached hydrogens (tertiary/aromatic N) is 3. The van der Waals surface area contributed by atoms with E-state index >= 15 is 0 Å². The van der Waals surface area contributed by atoms with Crippen LogP contribution in [-0.4, -0.2) is 33.9 Å². The van der Waals surface area contributed by atoms with Gasteiger partial charge in [-0.15, -0.1) is 5.10 Å². The first-order chi connectivity index (χ1) is 13.0. The fourth-order valence-electron chi connectivity index (χ4n) is 2.54. The molecule has 3 rings (SSSR count). The van der Waals surface area contributed by atoms with E-state index in [0.29, 0.717) is 22.0 Å². The van der Waals surface area contributed by atoms with E-state index in [9.17, 15) is 9.59 Å². The predicted molar refractivity (Wildman–Crippen MR) is 102 cm³/mol. The SMILES string of the molecule is CNC(=O)c1cccc(CNC(=O)c2nn(-c3cccc(Cl)c3)nc2C)c1. The van der Waals surface area contributed by atoms with Crippen LogP contribution >= 0.6 is 11.6 Å². The molecule has 0 saturated carbocycles. The highest BCUT2D eigenvalue weighted by atomic mass is 35.5. The van der Waals surface area contributed by atoms with Crippen molar-refractivity contribution >= 4 is 23.4 Å². The summed E-state index contributed by atoms with van der Waals surface area (Å²) >= 11 is 5.99. The maximum atomic E-state index is 12.5. The van der Waals surface area contributed by atoms with Gasteiger partial charge in [-0.1, -0.05) is 29.8 Å². The van der Waals surface area contributed by atoms with Gasteiger partial charge in [0.15, 0.2) is 5.69 Å². The quantitative estimate of drug-likeness (QED) is 0.708. The van der Waals surface area contributed by atoms with Gasteiger partial charge in [-0.25, -0.2) is 0 Å². The van der Waals surface area contributed by atoms with Crippen LogP contribution in [-0.2, 0) is 6.54 Å². The van der Waals surface area contributed by atoms with E-state index in [0.717, 1.165) is 5.56 Å². The summed E-state index contributed by atoms with van der Waals surface area (Å²) in [7, 11) is 1.57. The molecule has 0 aliphatic heterocycles. The Morgan fingerprint density at radius 2 is 1.85 bits per heavy atom. The number of hydrogen-bond donors (Lipinski definition) is 2. The molecule has 0 spiro atoms. The minimum Gasteiger partial charge on any atom is -0.355 e. The van der Waals surface area contributed by atoms with Gasteiger partial charge in [-0.05, 0) is 42.8 Å². The fraction of sp³-hybridized carbons (Fsp3) is 0.158. The minimum atomic E-state index is -0.342. The van der Waals surface area contributed by atoms with Crippen molar-refractivity contribution in [1.29, 1.82) is 0 Å². The Hall–Kier alpha value is -3.19. The fourth-order valence-corrected chi connectivity index (χ4v) is 2.72. The topological polar surface area (TPSA) is 88.9 Å². The van der Waals surface area contributed by atoms with Crippen LogP contribution in [0.1, 0.15) is 32.1 Å². The summed E-state index contributed by atoms with van der Waals surface area (Å²) in [6, 6.07) is 14.1. The first kappa shape index (κ1) is 18.6. The number of rotatable bonds is 5. The summed E-state index contributed by atoms with van der Waals surface area (Å²) in [4.78, 5) is 25.6. The third-order valence-electron chi connectivity index (χ3n) is 3.91. The van der Waals surface area contributed by atoms with Gasteiger partial charge in [0.25, 0.3) is 11.8 Å². The predicted octanol–water partition coefficient (Wildman–Crippen LogP) is 2.52. The normalized spacial score (nSPS) is 10.5. The number of hydrogen-bond acceptors (Lipinski definition) is 4. The Morgan fingerprint density at radius 1 is 1.07 bits per heavy atom. The van der Waals surface area contributed by atoms with Crippen molar-refractivity contribution in [2.45, 2.75) is 13.5 Å². The number of aromatic nitrogens is 3. The molecular formula is C19H18ClN5O2. The molecule has 3 aromatic rings. The molecular weight excluding hydrogens is 366 g/mol. The number of nitrogens with one attached hydrogen (secondary N) is 2. The lowest BCUT2D eigenvalue weighted by Gasteiger charge is -2.06. The molecule has 2 amide bonds. The van der Waals surface area contributed by atoms with Crippen molar-refractivity contribution < 1.29 is 9.59 Å². The number of amides is 2. The van der Waals surface area contributed by atoms with E-state index in [-0.39, 0.29) is 24.1 Å². The van der Waals surface area contributed by atoms with Gasteiger partial charge in [0, 0.05) is 24.2 Å². The Kier molecular flexibility index (Phi) is 5.52. The Bertz CT molecular complexity index is 999. The average Bonchev–Trinajstić information content (AvgIpc) is 3.07. The molecule has 0 atom stereocenters. The maximum absolute atomic E-state index is 12.5. The molecule has 1 aromatic heterocycles. The van der Waals surface area contributed by atoms with E-state index in [4.69, 9.17) is 11.6 Å². The molecule has 0 radical (unpaired) electrons. The van der Waals surface area contributed by atoms with Crippen LogP contribution < -0.4 is 10.6 Å². The molecule has 0 bridgehead atoms. The third kappa shape index (κ3) is 4.32. The van der Waals surface area contributed by atoms with E-state index in [1.165, 1.54) is 4.80 Å². The molecule has 2 aromatic carbocycles. The highest BCUT2D eigenvalue weighted by molar-refractivity contribution is 6.30. The number of benzene rings is 2. The summed E-state index contributed by atoms with van der Waals surface area (Å²) in [5, 5.41) is 14.5. The second kappa shape index (κ2) is 8.01. The first-order valence-corrected chi connectivity index (χ1v) is 8.65. The molecule has 8 heteroatoms. The van der Waals surface area contributed by atoms with Crippen molar-refractivity contribution in [2.75, 3.05) is 7.05 Å². The van der Waals surface area contributed by atoms with Crippen LogP contribution in [0.15, 0.2) is 48.5 Å². The summed E-state index contributed by atoms with van der Waals surface area (Å²) in [5.74, 6) is -0.519.